The first-order chi connectivity index (χ1) is 12.7. The van der Waals surface area contributed by atoms with Crippen LogP contribution in [-0.4, -0.2) is 75.1 Å². The first-order valence-corrected chi connectivity index (χ1v) is 10.1. The number of hydrogen-bond donors (Lipinski definition) is 1. The third-order valence-corrected chi connectivity index (χ3v) is 5.87. The van der Waals surface area contributed by atoms with E-state index in [0.29, 0.717) is 12.5 Å². The van der Waals surface area contributed by atoms with Gasteiger partial charge in [0.1, 0.15) is 0 Å². The molecule has 2 saturated heterocycles. The van der Waals surface area contributed by atoms with Crippen LogP contribution in [0, 0.1) is 12.8 Å². The molecule has 0 spiro atoms. The normalized spacial score (nSPS) is 19.8. The molecule has 1 aromatic carbocycles. The number of amides is 1. The number of nitrogens with zero attached hydrogens (tertiary/aromatic N) is 3. The lowest BCUT2D eigenvalue weighted by molar-refractivity contribution is -0.133. The van der Waals surface area contributed by atoms with Crippen molar-refractivity contribution in [2.24, 2.45) is 5.92 Å². The van der Waals surface area contributed by atoms with E-state index in [-0.39, 0.29) is 0 Å². The van der Waals surface area contributed by atoms with Crippen molar-refractivity contribution in [1.82, 2.24) is 15.1 Å². The highest BCUT2D eigenvalue weighted by molar-refractivity contribution is 5.78. The van der Waals surface area contributed by atoms with Crippen molar-refractivity contribution >= 4 is 11.6 Å². The average Bonchev–Trinajstić information content (AvgIpc) is 2.67. The monoisotopic (exact) mass is 358 g/mol. The number of nitrogens with one attached hydrogen (secondary N) is 1. The van der Waals surface area contributed by atoms with E-state index >= 15 is 0 Å². The van der Waals surface area contributed by atoms with Crippen LogP contribution in [0.15, 0.2) is 24.3 Å². The molecule has 0 aliphatic carbocycles. The molecular weight excluding hydrogens is 324 g/mol. The summed E-state index contributed by atoms with van der Waals surface area (Å²) in [6.45, 7) is 9.52. The van der Waals surface area contributed by atoms with E-state index in [1.54, 1.807) is 0 Å². The molecular formula is C21H34N4O. The molecule has 0 radical (unpaired) electrons. The van der Waals surface area contributed by atoms with Gasteiger partial charge in [0.2, 0.25) is 5.91 Å². The molecule has 2 aliphatic rings. The van der Waals surface area contributed by atoms with Crippen LogP contribution in [0.3, 0.4) is 0 Å². The summed E-state index contributed by atoms with van der Waals surface area (Å²) < 4.78 is 0. The maximum absolute atomic E-state index is 12.7. The molecule has 3 rings (SSSR count). The summed E-state index contributed by atoms with van der Waals surface area (Å²) in [7, 11) is 2.02. The van der Waals surface area contributed by atoms with Gasteiger partial charge in [0.15, 0.2) is 0 Å². The highest BCUT2D eigenvalue weighted by atomic mass is 16.2. The van der Waals surface area contributed by atoms with Crippen molar-refractivity contribution in [2.45, 2.75) is 26.2 Å². The summed E-state index contributed by atoms with van der Waals surface area (Å²) in [5, 5.41) is 3.24. The van der Waals surface area contributed by atoms with Crippen LogP contribution in [-0.2, 0) is 4.79 Å². The summed E-state index contributed by atoms with van der Waals surface area (Å²) in [4.78, 5) is 19.5. The summed E-state index contributed by atoms with van der Waals surface area (Å²) in [6.07, 6.45) is 3.73. The minimum Gasteiger partial charge on any atom is -0.368 e. The SMILES string of the molecule is CNCCC1CCN(CC(=O)N2CCN(c3cccc(C)c3)CC2)CC1. The topological polar surface area (TPSA) is 38.8 Å². The number of likely N-dealkylation sites (tertiary alicyclic amines) is 1. The first kappa shape index (κ1) is 19.2. The number of hydrogen-bond acceptors (Lipinski definition) is 4. The standard InChI is InChI=1S/C21H34N4O/c1-18-4-3-5-20(16-18)24-12-14-25(15-13-24)21(26)17-23-10-7-19(8-11-23)6-9-22-2/h3-5,16,19,22H,6-15,17H2,1-2H3. The van der Waals surface area contributed by atoms with Gasteiger partial charge >= 0.3 is 0 Å². The molecule has 0 unspecified atom stereocenters. The molecule has 26 heavy (non-hydrogen) atoms. The van der Waals surface area contributed by atoms with E-state index < -0.39 is 0 Å². The largest absolute Gasteiger partial charge is 0.368 e. The first-order valence-electron chi connectivity index (χ1n) is 10.1. The van der Waals surface area contributed by atoms with Gasteiger partial charge in [-0.3, -0.25) is 9.69 Å². The highest BCUT2D eigenvalue weighted by Crippen LogP contribution is 2.21. The Kier molecular flexibility index (Phi) is 6.92. The predicted molar refractivity (Wildman–Crippen MR) is 108 cm³/mol. The Hall–Kier alpha value is -1.59. The predicted octanol–water partition coefficient (Wildman–Crippen LogP) is 1.97. The third-order valence-electron chi connectivity index (χ3n) is 5.87. The Bertz CT molecular complexity index is 575. The van der Waals surface area contributed by atoms with Crippen LogP contribution in [0.5, 0.6) is 0 Å². The molecule has 1 aromatic rings. The van der Waals surface area contributed by atoms with Crippen LogP contribution in [0.2, 0.25) is 0 Å². The Balaban J connectivity index is 1.40. The van der Waals surface area contributed by atoms with Gasteiger partial charge in [-0.2, -0.15) is 0 Å². The second-order valence-corrected chi connectivity index (χ2v) is 7.82. The van der Waals surface area contributed by atoms with Crippen molar-refractivity contribution in [3.05, 3.63) is 29.8 Å². The Morgan fingerprint density at radius 3 is 2.50 bits per heavy atom. The number of piperidine rings is 1. The van der Waals surface area contributed by atoms with E-state index in [1.165, 1.54) is 30.5 Å². The van der Waals surface area contributed by atoms with Gasteiger partial charge in [-0.25, -0.2) is 0 Å². The van der Waals surface area contributed by atoms with Gasteiger partial charge in [-0.1, -0.05) is 12.1 Å². The summed E-state index contributed by atoms with van der Waals surface area (Å²) in [6, 6.07) is 8.64. The second-order valence-electron chi connectivity index (χ2n) is 7.82. The molecule has 144 valence electrons. The summed E-state index contributed by atoms with van der Waals surface area (Å²) in [5.74, 6) is 1.13. The maximum atomic E-state index is 12.7. The van der Waals surface area contributed by atoms with Gasteiger partial charge in [-0.05, 0) is 76.5 Å². The lowest BCUT2D eigenvalue weighted by atomic mass is 9.93. The van der Waals surface area contributed by atoms with E-state index in [4.69, 9.17) is 0 Å². The van der Waals surface area contributed by atoms with E-state index in [2.05, 4.69) is 51.2 Å². The van der Waals surface area contributed by atoms with Crippen LogP contribution in [0.1, 0.15) is 24.8 Å². The van der Waals surface area contributed by atoms with Crippen molar-refractivity contribution in [3.8, 4) is 0 Å². The molecule has 1 N–H and O–H groups in total. The van der Waals surface area contributed by atoms with Gasteiger partial charge in [0, 0.05) is 31.9 Å². The number of benzene rings is 1. The molecule has 5 nitrogen and oxygen atoms in total. The lowest BCUT2D eigenvalue weighted by Gasteiger charge is -2.38. The molecule has 2 fully saturated rings. The lowest BCUT2D eigenvalue weighted by Crippen LogP contribution is -2.52. The molecule has 0 aromatic heterocycles. The van der Waals surface area contributed by atoms with Crippen LogP contribution in [0.4, 0.5) is 5.69 Å². The number of anilines is 1. The number of carbonyl (C=O) groups excluding carboxylic acids is 1. The van der Waals surface area contributed by atoms with Crippen molar-refractivity contribution in [1.29, 1.82) is 0 Å². The Morgan fingerprint density at radius 1 is 1.12 bits per heavy atom. The van der Waals surface area contributed by atoms with Crippen molar-refractivity contribution in [3.63, 3.8) is 0 Å². The molecule has 1 amide bonds. The minimum absolute atomic E-state index is 0.308. The number of rotatable bonds is 6. The fourth-order valence-corrected chi connectivity index (χ4v) is 4.11. The summed E-state index contributed by atoms with van der Waals surface area (Å²) >= 11 is 0. The zero-order valence-corrected chi connectivity index (χ0v) is 16.4. The zero-order valence-electron chi connectivity index (χ0n) is 16.4. The third kappa shape index (κ3) is 5.21. The smallest absolute Gasteiger partial charge is 0.236 e. The zero-order chi connectivity index (χ0) is 18.4. The molecule has 2 heterocycles. The molecule has 0 bridgehead atoms. The van der Waals surface area contributed by atoms with Crippen LogP contribution >= 0.6 is 0 Å². The Labute approximate surface area is 158 Å². The van der Waals surface area contributed by atoms with E-state index in [0.717, 1.165) is 51.7 Å². The van der Waals surface area contributed by atoms with E-state index in [1.807, 2.05) is 7.05 Å². The van der Waals surface area contributed by atoms with Crippen molar-refractivity contribution < 1.29 is 4.79 Å². The quantitative estimate of drug-likeness (QED) is 0.844. The number of carbonyl (C=O) groups is 1. The number of piperazine rings is 1. The van der Waals surface area contributed by atoms with Gasteiger partial charge in [-0.15, -0.1) is 0 Å². The molecule has 0 atom stereocenters. The second kappa shape index (κ2) is 9.38. The van der Waals surface area contributed by atoms with E-state index in [9.17, 15) is 4.79 Å². The van der Waals surface area contributed by atoms with Crippen LogP contribution < -0.4 is 10.2 Å². The Morgan fingerprint density at radius 2 is 1.85 bits per heavy atom. The van der Waals surface area contributed by atoms with Crippen LogP contribution in [0.25, 0.3) is 0 Å². The highest BCUT2D eigenvalue weighted by Gasteiger charge is 2.25. The average molecular weight is 359 g/mol. The summed E-state index contributed by atoms with van der Waals surface area (Å²) in [5.41, 5.74) is 2.57. The fraction of sp³-hybridized carbons (Fsp3) is 0.667. The van der Waals surface area contributed by atoms with Gasteiger partial charge < -0.3 is 15.1 Å². The van der Waals surface area contributed by atoms with Gasteiger partial charge in [0.25, 0.3) is 0 Å². The molecule has 5 heteroatoms. The molecule has 0 saturated carbocycles. The maximum Gasteiger partial charge on any atom is 0.236 e. The minimum atomic E-state index is 0.308. The van der Waals surface area contributed by atoms with Gasteiger partial charge in [0.05, 0.1) is 6.54 Å². The number of aryl methyl sites for hydroxylation is 1. The van der Waals surface area contributed by atoms with Crippen molar-refractivity contribution in [2.75, 3.05) is 64.3 Å². The molecule has 2 aliphatic heterocycles. The fourth-order valence-electron chi connectivity index (χ4n) is 4.11.